The SMILES string of the molecule is Nn1cnnc1N/N=C\c1cc(Br)cc(Br)c1OCc1ccc(Cl)cc1Cl. The summed E-state index contributed by atoms with van der Waals surface area (Å²) in [5.74, 6) is 6.53. The van der Waals surface area contributed by atoms with Crippen molar-refractivity contribution in [1.29, 1.82) is 0 Å². The fourth-order valence-corrected chi connectivity index (χ4v) is 3.93. The van der Waals surface area contributed by atoms with Crippen LogP contribution in [-0.2, 0) is 6.61 Å². The Kier molecular flexibility index (Phi) is 6.59. The second-order valence-electron chi connectivity index (χ2n) is 5.26. The highest BCUT2D eigenvalue weighted by molar-refractivity contribution is 9.11. The zero-order valence-electron chi connectivity index (χ0n) is 13.5. The number of nitrogens with one attached hydrogen (secondary N) is 1. The molecule has 0 aliphatic rings. The molecule has 0 saturated carbocycles. The van der Waals surface area contributed by atoms with E-state index < -0.39 is 0 Å². The number of hydrazone groups is 1. The van der Waals surface area contributed by atoms with Gasteiger partial charge in [-0.25, -0.2) is 10.1 Å². The predicted octanol–water partition coefficient (Wildman–Crippen LogP) is 4.85. The van der Waals surface area contributed by atoms with E-state index in [0.717, 1.165) is 20.1 Å². The Morgan fingerprint density at radius 1 is 1.26 bits per heavy atom. The predicted molar refractivity (Wildman–Crippen MR) is 114 cm³/mol. The van der Waals surface area contributed by atoms with E-state index in [9.17, 15) is 0 Å². The van der Waals surface area contributed by atoms with E-state index in [-0.39, 0.29) is 6.61 Å². The smallest absolute Gasteiger partial charge is 0.263 e. The fourth-order valence-electron chi connectivity index (χ4n) is 2.10. The lowest BCUT2D eigenvalue weighted by Crippen LogP contribution is -2.10. The van der Waals surface area contributed by atoms with Crippen molar-refractivity contribution in [2.45, 2.75) is 6.61 Å². The number of nitrogens with zero attached hydrogens (tertiary/aromatic N) is 4. The average Bonchev–Trinajstić information content (AvgIpc) is 3.00. The summed E-state index contributed by atoms with van der Waals surface area (Å²) in [5.41, 5.74) is 4.24. The molecule has 0 aliphatic heterocycles. The summed E-state index contributed by atoms with van der Waals surface area (Å²) in [6, 6.07) is 8.99. The maximum absolute atomic E-state index is 6.21. The third-order valence-electron chi connectivity index (χ3n) is 3.37. The van der Waals surface area contributed by atoms with E-state index in [0.29, 0.717) is 21.7 Å². The number of aromatic nitrogens is 3. The topological polar surface area (TPSA) is 90.4 Å². The average molecular weight is 535 g/mol. The first-order valence-electron chi connectivity index (χ1n) is 7.44. The van der Waals surface area contributed by atoms with E-state index in [1.165, 1.54) is 11.0 Å². The van der Waals surface area contributed by atoms with Gasteiger partial charge < -0.3 is 10.6 Å². The van der Waals surface area contributed by atoms with Crippen LogP contribution in [0.15, 0.2) is 50.7 Å². The van der Waals surface area contributed by atoms with Crippen molar-refractivity contribution < 1.29 is 4.74 Å². The van der Waals surface area contributed by atoms with Crippen molar-refractivity contribution in [3.05, 3.63) is 66.8 Å². The van der Waals surface area contributed by atoms with Crippen molar-refractivity contribution in [3.63, 3.8) is 0 Å². The standard InChI is InChI=1S/C16H12Br2Cl2N6O/c17-11-3-10(6-22-24-16-25-23-8-26(16)21)15(13(18)4-11)27-7-9-1-2-12(19)5-14(9)20/h1-6,8H,7,21H2,(H,24,25)/b22-6-. The van der Waals surface area contributed by atoms with Crippen LogP contribution in [0.25, 0.3) is 0 Å². The number of hydrogen-bond donors (Lipinski definition) is 2. The maximum Gasteiger partial charge on any atom is 0.263 e. The molecule has 11 heteroatoms. The largest absolute Gasteiger partial charge is 0.487 e. The Morgan fingerprint density at radius 2 is 2.07 bits per heavy atom. The van der Waals surface area contributed by atoms with E-state index in [2.05, 4.69) is 52.6 Å². The number of halogens is 4. The van der Waals surface area contributed by atoms with E-state index in [4.69, 9.17) is 33.8 Å². The lowest BCUT2D eigenvalue weighted by Gasteiger charge is -2.13. The normalized spacial score (nSPS) is 11.1. The van der Waals surface area contributed by atoms with Gasteiger partial charge in [0.25, 0.3) is 5.95 Å². The quantitative estimate of drug-likeness (QED) is 0.268. The number of nitrogen functional groups attached to an aromatic ring is 1. The lowest BCUT2D eigenvalue weighted by molar-refractivity contribution is 0.304. The second-order valence-corrected chi connectivity index (χ2v) is 7.88. The first-order chi connectivity index (χ1) is 12.9. The fraction of sp³-hybridized carbons (Fsp3) is 0.0625. The van der Waals surface area contributed by atoms with Crippen LogP contribution >= 0.6 is 55.1 Å². The Morgan fingerprint density at radius 3 is 2.78 bits per heavy atom. The molecule has 0 saturated heterocycles. The molecule has 0 amide bonds. The molecule has 3 rings (SSSR count). The molecular weight excluding hydrogens is 523 g/mol. The van der Waals surface area contributed by atoms with Crippen molar-refractivity contribution in [2.24, 2.45) is 5.10 Å². The second kappa shape index (κ2) is 8.92. The van der Waals surface area contributed by atoms with Gasteiger partial charge >= 0.3 is 0 Å². The monoisotopic (exact) mass is 532 g/mol. The summed E-state index contributed by atoms with van der Waals surface area (Å²) >= 11 is 19.1. The van der Waals surface area contributed by atoms with Crippen LogP contribution in [0.2, 0.25) is 10.0 Å². The Labute approximate surface area is 181 Å². The molecule has 3 N–H and O–H groups in total. The molecule has 0 fully saturated rings. The number of anilines is 1. The molecule has 27 heavy (non-hydrogen) atoms. The van der Waals surface area contributed by atoms with E-state index in [1.54, 1.807) is 18.3 Å². The van der Waals surface area contributed by atoms with Crippen LogP contribution in [0.4, 0.5) is 5.95 Å². The third-order valence-corrected chi connectivity index (χ3v) is 5.00. The van der Waals surface area contributed by atoms with Gasteiger partial charge in [-0.2, -0.15) is 5.10 Å². The molecule has 1 aromatic heterocycles. The van der Waals surface area contributed by atoms with Crippen molar-refractivity contribution in [3.8, 4) is 5.75 Å². The molecule has 0 bridgehead atoms. The highest BCUT2D eigenvalue weighted by atomic mass is 79.9. The van der Waals surface area contributed by atoms with Gasteiger partial charge in [-0.1, -0.05) is 45.2 Å². The molecule has 0 spiro atoms. The van der Waals surface area contributed by atoms with Crippen LogP contribution in [0.1, 0.15) is 11.1 Å². The van der Waals surface area contributed by atoms with Crippen molar-refractivity contribution in [2.75, 3.05) is 11.3 Å². The Hall–Kier alpha value is -1.81. The van der Waals surface area contributed by atoms with Gasteiger partial charge in [0.15, 0.2) is 0 Å². The zero-order chi connectivity index (χ0) is 19.4. The molecule has 0 unspecified atom stereocenters. The molecular formula is C16H12Br2Cl2N6O. The minimum absolute atomic E-state index is 0.266. The first-order valence-corrected chi connectivity index (χ1v) is 9.78. The third kappa shape index (κ3) is 5.13. The highest BCUT2D eigenvalue weighted by Crippen LogP contribution is 2.33. The Balaban J connectivity index is 1.80. The van der Waals surface area contributed by atoms with Gasteiger partial charge in [0, 0.05) is 25.6 Å². The first kappa shape index (κ1) is 19.9. The number of nitrogens with two attached hydrogens (primary N) is 1. The van der Waals surface area contributed by atoms with Gasteiger partial charge in [0.2, 0.25) is 0 Å². The summed E-state index contributed by atoms with van der Waals surface area (Å²) in [6.07, 6.45) is 2.95. The molecule has 0 radical (unpaired) electrons. The zero-order valence-corrected chi connectivity index (χ0v) is 18.2. The summed E-state index contributed by atoms with van der Waals surface area (Å²) in [7, 11) is 0. The van der Waals surface area contributed by atoms with Crippen LogP contribution in [0, 0.1) is 0 Å². The van der Waals surface area contributed by atoms with Crippen LogP contribution in [-0.4, -0.2) is 21.1 Å². The molecule has 3 aromatic rings. The summed E-state index contributed by atoms with van der Waals surface area (Å²) < 4.78 is 8.80. The van der Waals surface area contributed by atoms with E-state index in [1.807, 2.05) is 18.2 Å². The van der Waals surface area contributed by atoms with Gasteiger partial charge in [-0.15, -0.1) is 10.2 Å². The Bertz CT molecular complexity index is 995. The number of benzene rings is 2. The molecule has 0 atom stereocenters. The lowest BCUT2D eigenvalue weighted by atomic mass is 10.2. The minimum atomic E-state index is 0.266. The van der Waals surface area contributed by atoms with Gasteiger partial charge in [0.1, 0.15) is 18.7 Å². The number of hydrogen-bond acceptors (Lipinski definition) is 6. The molecule has 2 aromatic carbocycles. The summed E-state index contributed by atoms with van der Waals surface area (Å²) in [6.45, 7) is 0.266. The van der Waals surface area contributed by atoms with Gasteiger partial charge in [0.05, 0.1) is 10.7 Å². The summed E-state index contributed by atoms with van der Waals surface area (Å²) in [4.78, 5) is 0. The van der Waals surface area contributed by atoms with Crippen molar-refractivity contribution >= 4 is 67.2 Å². The number of rotatable bonds is 6. The highest BCUT2D eigenvalue weighted by Gasteiger charge is 2.11. The van der Waals surface area contributed by atoms with Crippen LogP contribution < -0.4 is 16.0 Å². The number of ether oxygens (including phenoxy) is 1. The molecule has 0 aliphatic carbocycles. The summed E-state index contributed by atoms with van der Waals surface area (Å²) in [5, 5.41) is 12.7. The van der Waals surface area contributed by atoms with Gasteiger partial charge in [-0.3, -0.25) is 0 Å². The van der Waals surface area contributed by atoms with Gasteiger partial charge in [-0.05, 0) is 40.2 Å². The van der Waals surface area contributed by atoms with Crippen LogP contribution in [0.5, 0.6) is 5.75 Å². The van der Waals surface area contributed by atoms with Crippen LogP contribution in [0.3, 0.4) is 0 Å². The minimum Gasteiger partial charge on any atom is -0.487 e. The molecule has 1 heterocycles. The molecule has 7 nitrogen and oxygen atoms in total. The van der Waals surface area contributed by atoms with Crippen molar-refractivity contribution in [1.82, 2.24) is 14.9 Å². The maximum atomic E-state index is 6.21. The molecule has 140 valence electrons. The van der Waals surface area contributed by atoms with E-state index >= 15 is 0 Å².